The van der Waals surface area contributed by atoms with Gasteiger partial charge in [-0.25, -0.2) is 0 Å². The van der Waals surface area contributed by atoms with Crippen LogP contribution < -0.4 is 0 Å². The van der Waals surface area contributed by atoms with Crippen LogP contribution in [0.3, 0.4) is 0 Å². The zero-order chi connectivity index (χ0) is 8.15. The van der Waals surface area contributed by atoms with Gasteiger partial charge in [-0.15, -0.1) is 0 Å². The largest absolute Gasteiger partial charge is 0.396 e. The summed E-state index contributed by atoms with van der Waals surface area (Å²) in [6.07, 6.45) is -0.787. The fourth-order valence-electron chi connectivity index (χ4n) is 0.912. The Labute approximate surface area is 61.3 Å². The van der Waals surface area contributed by atoms with Gasteiger partial charge in [0.15, 0.2) is 0 Å². The molecule has 0 aliphatic carbocycles. The Hall–Kier alpha value is -0.120. The molecule has 0 aliphatic rings. The Morgan fingerprint density at radius 3 is 1.70 bits per heavy atom. The van der Waals surface area contributed by atoms with Crippen LogP contribution in [0.4, 0.5) is 0 Å². The molecule has 0 spiro atoms. The molecule has 0 fully saturated rings. The molecule has 3 nitrogen and oxygen atoms in total. The van der Waals surface area contributed by atoms with E-state index in [0.717, 1.165) is 0 Å². The molecule has 3 N–H and O–H groups in total. The first kappa shape index (κ1) is 9.88. The fourth-order valence-corrected chi connectivity index (χ4v) is 0.912. The highest BCUT2D eigenvalue weighted by Gasteiger charge is 2.20. The Balaban J connectivity index is 3.80. The van der Waals surface area contributed by atoms with Crippen molar-refractivity contribution in [3.8, 4) is 0 Å². The monoisotopic (exact) mass is 148 g/mol. The molecule has 0 aromatic rings. The van der Waals surface area contributed by atoms with E-state index in [4.69, 9.17) is 15.3 Å². The highest BCUT2D eigenvalue weighted by molar-refractivity contribution is 4.69. The van der Waals surface area contributed by atoms with E-state index in [1.54, 1.807) is 0 Å². The van der Waals surface area contributed by atoms with Gasteiger partial charge in [-0.05, 0) is 5.92 Å². The lowest BCUT2D eigenvalue weighted by atomic mass is 9.91. The Bertz CT molecular complexity index is 82.9. The van der Waals surface area contributed by atoms with Gasteiger partial charge in [0, 0.05) is 12.5 Å². The number of rotatable bonds is 4. The lowest BCUT2D eigenvalue weighted by molar-refractivity contribution is 0.00345. The van der Waals surface area contributed by atoms with Gasteiger partial charge in [0.2, 0.25) is 0 Å². The van der Waals surface area contributed by atoms with Gasteiger partial charge >= 0.3 is 0 Å². The molecular formula is C7H16O3. The van der Waals surface area contributed by atoms with Crippen molar-refractivity contribution in [1.29, 1.82) is 0 Å². The van der Waals surface area contributed by atoms with Crippen molar-refractivity contribution in [2.75, 3.05) is 13.2 Å². The van der Waals surface area contributed by atoms with Gasteiger partial charge in [0.05, 0.1) is 12.7 Å². The second-order valence-corrected chi connectivity index (χ2v) is 2.84. The molecule has 2 unspecified atom stereocenters. The van der Waals surface area contributed by atoms with Crippen LogP contribution in [-0.2, 0) is 0 Å². The van der Waals surface area contributed by atoms with Gasteiger partial charge in [-0.2, -0.15) is 0 Å². The van der Waals surface area contributed by atoms with E-state index >= 15 is 0 Å². The minimum atomic E-state index is -0.787. The molecule has 3 heteroatoms. The average molecular weight is 148 g/mol. The lowest BCUT2D eigenvalue weighted by Gasteiger charge is -2.22. The summed E-state index contributed by atoms with van der Waals surface area (Å²) < 4.78 is 0. The quantitative estimate of drug-likeness (QED) is 0.508. The van der Waals surface area contributed by atoms with Crippen molar-refractivity contribution in [2.45, 2.75) is 20.0 Å². The van der Waals surface area contributed by atoms with E-state index in [1.165, 1.54) is 0 Å². The summed E-state index contributed by atoms with van der Waals surface area (Å²) in [5.74, 6) is -0.00264. The van der Waals surface area contributed by atoms with Gasteiger partial charge in [-0.1, -0.05) is 13.8 Å². The third kappa shape index (κ3) is 2.64. The summed E-state index contributed by atoms with van der Waals surface area (Å²) in [7, 11) is 0. The zero-order valence-corrected chi connectivity index (χ0v) is 6.49. The molecule has 0 rings (SSSR count). The molecule has 0 radical (unpaired) electrons. The standard InChI is InChI=1S/C7H16O3/c1-5(2)6(3-8)7(10)4-9/h5-10H,3-4H2,1-2H3. The first-order valence-electron chi connectivity index (χ1n) is 3.53. The maximum atomic E-state index is 9.08. The Kier molecular flexibility index (Phi) is 4.60. The van der Waals surface area contributed by atoms with Crippen LogP contribution in [0.2, 0.25) is 0 Å². The van der Waals surface area contributed by atoms with Crippen molar-refractivity contribution in [3.05, 3.63) is 0 Å². The first-order valence-corrected chi connectivity index (χ1v) is 3.53. The summed E-state index contributed by atoms with van der Waals surface area (Å²) in [6, 6.07) is 0. The molecule has 0 saturated carbocycles. The molecule has 0 saturated heterocycles. The number of aliphatic hydroxyl groups is 3. The lowest BCUT2D eigenvalue weighted by Crippen LogP contribution is -2.31. The third-order valence-electron chi connectivity index (χ3n) is 1.75. The summed E-state index contributed by atoms with van der Waals surface area (Å²) in [6.45, 7) is 3.46. The first-order chi connectivity index (χ1) is 4.63. The predicted octanol–water partition coefficient (Wildman–Crippen LogP) is -0.396. The molecule has 0 aliphatic heterocycles. The van der Waals surface area contributed by atoms with E-state index < -0.39 is 6.10 Å². The maximum Gasteiger partial charge on any atom is 0.0823 e. The predicted molar refractivity (Wildman–Crippen MR) is 38.5 cm³/mol. The Morgan fingerprint density at radius 2 is 1.60 bits per heavy atom. The van der Waals surface area contributed by atoms with Crippen LogP contribution in [0.25, 0.3) is 0 Å². The number of hydrogen-bond donors (Lipinski definition) is 3. The van der Waals surface area contributed by atoms with Crippen LogP contribution in [0.5, 0.6) is 0 Å². The van der Waals surface area contributed by atoms with Crippen molar-refractivity contribution in [2.24, 2.45) is 11.8 Å². The van der Waals surface area contributed by atoms with Gasteiger partial charge < -0.3 is 15.3 Å². The SMILES string of the molecule is CC(C)C(CO)C(O)CO. The fraction of sp³-hybridized carbons (Fsp3) is 1.00. The van der Waals surface area contributed by atoms with Crippen LogP contribution in [0, 0.1) is 11.8 Å². The second kappa shape index (κ2) is 4.66. The summed E-state index contributed by atoms with van der Waals surface area (Å²) in [4.78, 5) is 0. The van der Waals surface area contributed by atoms with Crippen LogP contribution in [-0.4, -0.2) is 34.6 Å². The molecule has 62 valence electrons. The van der Waals surface area contributed by atoms with Crippen molar-refractivity contribution < 1.29 is 15.3 Å². The topological polar surface area (TPSA) is 60.7 Å². The van der Waals surface area contributed by atoms with E-state index in [0.29, 0.717) is 0 Å². The van der Waals surface area contributed by atoms with Crippen molar-refractivity contribution in [1.82, 2.24) is 0 Å². The van der Waals surface area contributed by atoms with E-state index in [-0.39, 0.29) is 25.0 Å². The minimum Gasteiger partial charge on any atom is -0.396 e. The number of hydrogen-bond acceptors (Lipinski definition) is 3. The Morgan fingerprint density at radius 1 is 1.10 bits per heavy atom. The molecule has 2 atom stereocenters. The average Bonchev–Trinajstić information content (AvgIpc) is 1.88. The van der Waals surface area contributed by atoms with Gasteiger partial charge in [-0.3, -0.25) is 0 Å². The number of aliphatic hydroxyl groups excluding tert-OH is 3. The molecular weight excluding hydrogens is 132 g/mol. The van der Waals surface area contributed by atoms with Crippen LogP contribution >= 0.6 is 0 Å². The summed E-state index contributed by atoms with van der Waals surface area (Å²) >= 11 is 0. The second-order valence-electron chi connectivity index (χ2n) is 2.84. The normalized spacial score (nSPS) is 17.4. The molecule has 0 amide bonds. The molecule has 0 heterocycles. The van der Waals surface area contributed by atoms with Crippen molar-refractivity contribution in [3.63, 3.8) is 0 Å². The van der Waals surface area contributed by atoms with Crippen LogP contribution in [0.15, 0.2) is 0 Å². The van der Waals surface area contributed by atoms with Gasteiger partial charge in [0.1, 0.15) is 0 Å². The molecule has 10 heavy (non-hydrogen) atoms. The molecule has 0 aromatic carbocycles. The summed E-state index contributed by atoms with van der Waals surface area (Å²) in [5.41, 5.74) is 0. The van der Waals surface area contributed by atoms with E-state index in [1.807, 2.05) is 13.8 Å². The minimum absolute atomic E-state index is 0.0700. The van der Waals surface area contributed by atoms with E-state index in [2.05, 4.69) is 0 Å². The van der Waals surface area contributed by atoms with E-state index in [9.17, 15) is 0 Å². The van der Waals surface area contributed by atoms with Crippen molar-refractivity contribution >= 4 is 0 Å². The summed E-state index contributed by atoms with van der Waals surface area (Å²) in [5, 5.41) is 26.3. The molecule has 0 bridgehead atoms. The zero-order valence-electron chi connectivity index (χ0n) is 6.49. The van der Waals surface area contributed by atoms with Gasteiger partial charge in [0.25, 0.3) is 0 Å². The maximum absolute atomic E-state index is 9.08. The third-order valence-corrected chi connectivity index (χ3v) is 1.75. The molecule has 0 aromatic heterocycles. The highest BCUT2D eigenvalue weighted by Crippen LogP contribution is 2.13. The highest BCUT2D eigenvalue weighted by atomic mass is 16.3. The smallest absolute Gasteiger partial charge is 0.0823 e. The van der Waals surface area contributed by atoms with Crippen LogP contribution in [0.1, 0.15) is 13.8 Å².